The maximum absolute atomic E-state index is 11.7. The SMILES string of the molecule is COC(C)CS(=O)(=O)Nc1cnn(C)c1C. The highest BCUT2D eigenvalue weighted by molar-refractivity contribution is 7.92. The lowest BCUT2D eigenvalue weighted by atomic mass is 10.4. The molecule has 0 bridgehead atoms. The first-order valence-corrected chi connectivity index (χ1v) is 6.53. The van der Waals surface area contributed by atoms with Gasteiger partial charge in [0.2, 0.25) is 10.0 Å². The van der Waals surface area contributed by atoms with Crippen molar-refractivity contribution in [2.45, 2.75) is 20.0 Å². The Balaban J connectivity index is 2.77. The fourth-order valence-electron chi connectivity index (χ4n) is 1.19. The van der Waals surface area contributed by atoms with Crippen molar-refractivity contribution >= 4 is 15.7 Å². The van der Waals surface area contributed by atoms with Crippen molar-refractivity contribution < 1.29 is 13.2 Å². The van der Waals surface area contributed by atoms with Crippen LogP contribution in [-0.4, -0.2) is 37.2 Å². The van der Waals surface area contributed by atoms with Gasteiger partial charge in [0, 0.05) is 14.2 Å². The van der Waals surface area contributed by atoms with E-state index in [0.29, 0.717) is 5.69 Å². The Labute approximate surface area is 95.7 Å². The van der Waals surface area contributed by atoms with Crippen LogP contribution in [0.2, 0.25) is 0 Å². The van der Waals surface area contributed by atoms with E-state index in [-0.39, 0.29) is 11.9 Å². The van der Waals surface area contributed by atoms with Crippen LogP contribution in [0.5, 0.6) is 0 Å². The molecule has 1 aromatic heterocycles. The van der Waals surface area contributed by atoms with Crippen molar-refractivity contribution in [1.82, 2.24) is 9.78 Å². The molecule has 0 saturated carbocycles. The smallest absolute Gasteiger partial charge is 0.235 e. The fourth-order valence-corrected chi connectivity index (χ4v) is 2.56. The van der Waals surface area contributed by atoms with Gasteiger partial charge < -0.3 is 4.74 Å². The quantitative estimate of drug-likeness (QED) is 0.822. The number of aryl methyl sites for hydroxylation is 1. The maximum atomic E-state index is 11.7. The fraction of sp³-hybridized carbons (Fsp3) is 0.667. The highest BCUT2D eigenvalue weighted by atomic mass is 32.2. The third-order valence-electron chi connectivity index (χ3n) is 2.36. The zero-order valence-corrected chi connectivity index (χ0v) is 10.7. The van der Waals surface area contributed by atoms with Gasteiger partial charge in [0.15, 0.2) is 0 Å². The molecule has 0 fully saturated rings. The molecule has 0 saturated heterocycles. The normalized spacial score (nSPS) is 13.8. The van der Waals surface area contributed by atoms with Gasteiger partial charge in [0.05, 0.1) is 29.4 Å². The first-order chi connectivity index (χ1) is 7.35. The van der Waals surface area contributed by atoms with E-state index < -0.39 is 10.0 Å². The van der Waals surface area contributed by atoms with Crippen molar-refractivity contribution in [2.24, 2.45) is 7.05 Å². The number of hydrogen-bond donors (Lipinski definition) is 1. The van der Waals surface area contributed by atoms with Crippen LogP contribution < -0.4 is 4.72 Å². The summed E-state index contributed by atoms with van der Waals surface area (Å²) in [6.07, 6.45) is 1.15. The van der Waals surface area contributed by atoms with Gasteiger partial charge in [0.25, 0.3) is 0 Å². The van der Waals surface area contributed by atoms with Gasteiger partial charge in [-0.15, -0.1) is 0 Å². The number of aromatic nitrogens is 2. The van der Waals surface area contributed by atoms with Crippen LogP contribution in [0.4, 0.5) is 5.69 Å². The third-order valence-corrected chi connectivity index (χ3v) is 3.80. The number of hydrogen-bond acceptors (Lipinski definition) is 4. The second-order valence-corrected chi connectivity index (χ2v) is 5.46. The van der Waals surface area contributed by atoms with Crippen LogP contribution in [0.1, 0.15) is 12.6 Å². The molecule has 0 aliphatic carbocycles. The lowest BCUT2D eigenvalue weighted by Crippen LogP contribution is -2.25. The first-order valence-electron chi connectivity index (χ1n) is 4.87. The molecule has 0 spiro atoms. The molecular weight excluding hydrogens is 230 g/mol. The molecular formula is C9H17N3O3S. The molecule has 0 aromatic carbocycles. The van der Waals surface area contributed by atoms with Gasteiger partial charge in [-0.2, -0.15) is 5.10 Å². The topological polar surface area (TPSA) is 73.2 Å². The molecule has 1 heterocycles. The van der Waals surface area contributed by atoms with Crippen molar-refractivity contribution in [1.29, 1.82) is 0 Å². The lowest BCUT2D eigenvalue weighted by molar-refractivity contribution is 0.136. The predicted molar refractivity (Wildman–Crippen MR) is 61.8 cm³/mol. The summed E-state index contributed by atoms with van der Waals surface area (Å²) in [6, 6.07) is 0. The van der Waals surface area contributed by atoms with Gasteiger partial charge in [0.1, 0.15) is 0 Å². The lowest BCUT2D eigenvalue weighted by Gasteiger charge is -2.11. The summed E-state index contributed by atoms with van der Waals surface area (Å²) in [7, 11) is -0.147. The van der Waals surface area contributed by atoms with E-state index in [9.17, 15) is 8.42 Å². The standard InChI is InChI=1S/C9H17N3O3S/c1-7(15-4)6-16(13,14)11-9-5-10-12(3)8(9)2/h5,7,11H,6H2,1-4H3. The number of sulfonamides is 1. The predicted octanol–water partition coefficient (Wildman–Crippen LogP) is 0.505. The second kappa shape index (κ2) is 4.84. The van der Waals surface area contributed by atoms with Crippen molar-refractivity contribution in [2.75, 3.05) is 17.6 Å². The summed E-state index contributed by atoms with van der Waals surface area (Å²) >= 11 is 0. The van der Waals surface area contributed by atoms with Gasteiger partial charge >= 0.3 is 0 Å². The molecule has 0 amide bonds. The molecule has 7 heteroatoms. The monoisotopic (exact) mass is 247 g/mol. The molecule has 1 aromatic rings. The average molecular weight is 247 g/mol. The Bertz CT molecular complexity index is 453. The number of methoxy groups -OCH3 is 1. The summed E-state index contributed by atoms with van der Waals surface area (Å²) in [5.41, 5.74) is 1.28. The number of ether oxygens (including phenoxy) is 1. The zero-order chi connectivity index (χ0) is 12.3. The molecule has 0 aliphatic rings. The number of nitrogens with one attached hydrogen (secondary N) is 1. The first kappa shape index (κ1) is 13.0. The minimum atomic E-state index is -3.38. The summed E-state index contributed by atoms with van der Waals surface area (Å²) < 4.78 is 32.4. The third kappa shape index (κ3) is 3.21. The van der Waals surface area contributed by atoms with E-state index in [1.807, 2.05) is 0 Å². The Morgan fingerprint density at radius 3 is 2.69 bits per heavy atom. The van der Waals surface area contributed by atoms with Gasteiger partial charge in [-0.3, -0.25) is 9.40 Å². The van der Waals surface area contributed by atoms with E-state index in [2.05, 4.69) is 9.82 Å². The highest BCUT2D eigenvalue weighted by Gasteiger charge is 2.17. The van der Waals surface area contributed by atoms with E-state index in [4.69, 9.17) is 4.74 Å². The largest absolute Gasteiger partial charge is 0.381 e. The molecule has 92 valence electrons. The van der Waals surface area contributed by atoms with Crippen LogP contribution >= 0.6 is 0 Å². The van der Waals surface area contributed by atoms with Gasteiger partial charge in [-0.05, 0) is 13.8 Å². The number of anilines is 1. The highest BCUT2D eigenvalue weighted by Crippen LogP contribution is 2.14. The van der Waals surface area contributed by atoms with E-state index in [1.165, 1.54) is 13.3 Å². The van der Waals surface area contributed by atoms with E-state index >= 15 is 0 Å². The maximum Gasteiger partial charge on any atom is 0.235 e. The number of rotatable bonds is 5. The molecule has 6 nitrogen and oxygen atoms in total. The molecule has 0 aliphatic heterocycles. The van der Waals surface area contributed by atoms with E-state index in [0.717, 1.165) is 5.69 Å². The minimum absolute atomic E-state index is 0.0716. The minimum Gasteiger partial charge on any atom is -0.381 e. The molecule has 1 rings (SSSR count). The van der Waals surface area contributed by atoms with Crippen molar-refractivity contribution in [3.8, 4) is 0 Å². The van der Waals surface area contributed by atoms with Crippen LogP contribution in [-0.2, 0) is 21.8 Å². The molecule has 0 radical (unpaired) electrons. The van der Waals surface area contributed by atoms with Crippen molar-refractivity contribution in [3.05, 3.63) is 11.9 Å². The van der Waals surface area contributed by atoms with Crippen LogP contribution in [0, 0.1) is 6.92 Å². The van der Waals surface area contributed by atoms with Crippen LogP contribution in [0.25, 0.3) is 0 Å². The Morgan fingerprint density at radius 2 is 2.25 bits per heavy atom. The molecule has 1 atom stereocenters. The molecule has 1 unspecified atom stereocenters. The number of nitrogens with zero attached hydrogens (tertiary/aromatic N) is 2. The molecule has 1 N–H and O–H groups in total. The Kier molecular flexibility index (Phi) is 3.93. The average Bonchev–Trinajstić information content (AvgIpc) is 2.48. The summed E-state index contributed by atoms with van der Waals surface area (Å²) in [5.74, 6) is -0.0716. The van der Waals surface area contributed by atoms with Crippen molar-refractivity contribution in [3.63, 3.8) is 0 Å². The van der Waals surface area contributed by atoms with Crippen LogP contribution in [0.3, 0.4) is 0 Å². The van der Waals surface area contributed by atoms with Crippen LogP contribution in [0.15, 0.2) is 6.20 Å². The summed E-state index contributed by atoms with van der Waals surface area (Å²) in [6.45, 7) is 3.50. The van der Waals surface area contributed by atoms with Gasteiger partial charge in [-0.1, -0.05) is 0 Å². The Morgan fingerprint density at radius 1 is 1.62 bits per heavy atom. The summed E-state index contributed by atoms with van der Waals surface area (Å²) in [4.78, 5) is 0. The van der Waals surface area contributed by atoms with Gasteiger partial charge in [-0.25, -0.2) is 8.42 Å². The second-order valence-electron chi connectivity index (χ2n) is 3.70. The summed E-state index contributed by atoms with van der Waals surface area (Å²) in [5, 5.41) is 3.96. The molecule has 16 heavy (non-hydrogen) atoms. The zero-order valence-electron chi connectivity index (χ0n) is 9.89. The Hall–Kier alpha value is -1.08. The van der Waals surface area contributed by atoms with E-state index in [1.54, 1.807) is 25.6 Å².